The number of hydrogen-bond donors (Lipinski definition) is 1. The minimum absolute atomic E-state index is 0.0755. The second kappa shape index (κ2) is 6.93. The van der Waals surface area contributed by atoms with E-state index in [0.717, 1.165) is 36.7 Å². The Morgan fingerprint density at radius 3 is 2.76 bits per heavy atom. The monoisotopic (exact) mass is 310 g/mol. The van der Waals surface area contributed by atoms with Crippen LogP contribution < -0.4 is 0 Å². The Morgan fingerprint density at radius 1 is 1.43 bits per heavy atom. The molecule has 114 valence electrons. The van der Waals surface area contributed by atoms with E-state index in [0.29, 0.717) is 16.6 Å². The van der Waals surface area contributed by atoms with Crippen molar-refractivity contribution in [3.63, 3.8) is 0 Å². The first-order chi connectivity index (χ1) is 10.1. The van der Waals surface area contributed by atoms with Gasteiger partial charge in [0.1, 0.15) is 5.52 Å². The molecule has 0 spiro atoms. The fourth-order valence-corrected chi connectivity index (χ4v) is 3.05. The number of hydrogen-bond acceptors (Lipinski definition) is 3. The number of benzene rings is 1. The van der Waals surface area contributed by atoms with Gasteiger partial charge in [-0.05, 0) is 18.1 Å². The van der Waals surface area contributed by atoms with Crippen LogP contribution in [0, 0.1) is 11.7 Å². The number of rotatable bonds is 7. The fraction of sp³-hybridized carbons (Fsp3) is 0.467. The van der Waals surface area contributed by atoms with Crippen LogP contribution in [0.25, 0.3) is 11.0 Å². The van der Waals surface area contributed by atoms with Crippen molar-refractivity contribution in [2.75, 3.05) is 5.75 Å². The number of aromatic nitrogens is 2. The average molecular weight is 310 g/mol. The minimum Gasteiger partial charge on any atom is -0.481 e. The molecule has 0 bridgehead atoms. The first-order valence-corrected chi connectivity index (χ1v) is 8.04. The highest BCUT2D eigenvalue weighted by atomic mass is 32.2. The van der Waals surface area contributed by atoms with E-state index in [-0.39, 0.29) is 11.6 Å². The van der Waals surface area contributed by atoms with Crippen molar-refractivity contribution >= 4 is 28.8 Å². The molecule has 0 amide bonds. The molecule has 0 aliphatic heterocycles. The summed E-state index contributed by atoms with van der Waals surface area (Å²) in [4.78, 5) is 15.1. The Morgan fingerprint density at radius 2 is 2.14 bits per heavy atom. The van der Waals surface area contributed by atoms with Gasteiger partial charge in [-0.1, -0.05) is 44.5 Å². The van der Waals surface area contributed by atoms with E-state index in [9.17, 15) is 9.18 Å². The van der Waals surface area contributed by atoms with Crippen LogP contribution in [-0.4, -0.2) is 26.4 Å². The molecular weight excluding hydrogens is 291 g/mol. The van der Waals surface area contributed by atoms with Crippen LogP contribution in [-0.2, 0) is 11.3 Å². The van der Waals surface area contributed by atoms with E-state index >= 15 is 0 Å². The third kappa shape index (κ3) is 3.56. The van der Waals surface area contributed by atoms with Crippen molar-refractivity contribution in [2.24, 2.45) is 5.92 Å². The van der Waals surface area contributed by atoms with Crippen LogP contribution >= 0.6 is 11.8 Å². The summed E-state index contributed by atoms with van der Waals surface area (Å²) in [6.07, 6.45) is 2.04. The number of carbonyl (C=O) groups is 1. The molecule has 0 radical (unpaired) electrons. The Labute approximate surface area is 127 Å². The van der Waals surface area contributed by atoms with Gasteiger partial charge >= 0.3 is 5.97 Å². The Bertz CT molecular complexity index is 638. The maximum absolute atomic E-state index is 13.9. The van der Waals surface area contributed by atoms with Crippen molar-refractivity contribution in [1.29, 1.82) is 0 Å². The summed E-state index contributed by atoms with van der Waals surface area (Å²) in [5.41, 5.74) is 1.05. The predicted molar refractivity (Wildman–Crippen MR) is 82.1 cm³/mol. The van der Waals surface area contributed by atoms with Crippen molar-refractivity contribution in [2.45, 2.75) is 38.4 Å². The summed E-state index contributed by atoms with van der Waals surface area (Å²) in [7, 11) is 0. The zero-order chi connectivity index (χ0) is 15.4. The lowest BCUT2D eigenvalue weighted by Crippen LogP contribution is -2.11. The van der Waals surface area contributed by atoms with Gasteiger partial charge in [0.25, 0.3) is 0 Å². The lowest BCUT2D eigenvalue weighted by atomic mass is 10.0. The molecule has 1 N–H and O–H groups in total. The van der Waals surface area contributed by atoms with E-state index in [1.807, 2.05) is 10.6 Å². The first-order valence-electron chi connectivity index (χ1n) is 7.06. The van der Waals surface area contributed by atoms with Gasteiger partial charge in [-0.15, -0.1) is 0 Å². The fourth-order valence-electron chi connectivity index (χ4n) is 2.31. The summed E-state index contributed by atoms with van der Waals surface area (Å²) in [5, 5.41) is 9.41. The van der Waals surface area contributed by atoms with Gasteiger partial charge in [-0.25, -0.2) is 9.37 Å². The lowest BCUT2D eigenvalue weighted by molar-refractivity contribution is -0.133. The van der Waals surface area contributed by atoms with Gasteiger partial charge < -0.3 is 9.67 Å². The van der Waals surface area contributed by atoms with Crippen LogP contribution in [0.5, 0.6) is 0 Å². The first kappa shape index (κ1) is 15.8. The Hall–Kier alpha value is -1.56. The molecule has 0 aliphatic rings. The largest absolute Gasteiger partial charge is 0.481 e. The number of carboxylic acid groups (broad SMARTS) is 1. The van der Waals surface area contributed by atoms with Crippen LogP contribution in [0.2, 0.25) is 0 Å². The third-order valence-corrected chi connectivity index (χ3v) is 4.58. The Kier molecular flexibility index (Phi) is 5.22. The molecule has 4 nitrogen and oxygen atoms in total. The molecule has 0 aliphatic carbocycles. The molecule has 0 atom stereocenters. The molecular formula is C15H19FN2O2S. The smallest absolute Gasteiger partial charge is 0.313 e. The highest BCUT2D eigenvalue weighted by Gasteiger charge is 2.17. The molecule has 6 heteroatoms. The summed E-state index contributed by atoms with van der Waals surface area (Å²) >= 11 is 1.14. The minimum atomic E-state index is -0.901. The van der Waals surface area contributed by atoms with Crippen LogP contribution in [0.1, 0.15) is 26.7 Å². The number of aliphatic carboxylic acids is 1. The number of thioether (sulfide) groups is 1. The van der Waals surface area contributed by atoms with E-state index in [2.05, 4.69) is 18.8 Å². The third-order valence-electron chi connectivity index (χ3n) is 3.61. The lowest BCUT2D eigenvalue weighted by Gasteiger charge is -2.15. The summed E-state index contributed by atoms with van der Waals surface area (Å²) in [5.74, 6) is -0.877. The normalized spacial score (nSPS) is 11.4. The highest BCUT2D eigenvalue weighted by molar-refractivity contribution is 7.99. The van der Waals surface area contributed by atoms with Gasteiger partial charge in [0, 0.05) is 6.54 Å². The number of imidazole rings is 1. The quantitative estimate of drug-likeness (QED) is 0.791. The van der Waals surface area contributed by atoms with E-state index in [4.69, 9.17) is 5.11 Å². The molecule has 2 aromatic rings. The molecule has 1 heterocycles. The molecule has 2 rings (SSSR count). The molecule has 1 aromatic heterocycles. The summed E-state index contributed by atoms with van der Waals surface area (Å²) in [6, 6.07) is 4.87. The van der Waals surface area contributed by atoms with Gasteiger partial charge in [0.05, 0.1) is 11.3 Å². The molecule has 0 unspecified atom stereocenters. The van der Waals surface area contributed by atoms with Crippen molar-refractivity contribution in [3.8, 4) is 0 Å². The highest BCUT2D eigenvalue weighted by Crippen LogP contribution is 2.27. The van der Waals surface area contributed by atoms with Gasteiger partial charge in [0.2, 0.25) is 0 Å². The second-order valence-electron chi connectivity index (χ2n) is 4.98. The van der Waals surface area contributed by atoms with Crippen LogP contribution in [0.4, 0.5) is 4.39 Å². The molecule has 21 heavy (non-hydrogen) atoms. The van der Waals surface area contributed by atoms with Crippen LogP contribution in [0.15, 0.2) is 23.4 Å². The Balaban J connectivity index is 2.44. The number of carboxylic acids is 1. The molecule has 0 saturated heterocycles. The van der Waals surface area contributed by atoms with Crippen molar-refractivity contribution < 1.29 is 14.3 Å². The standard InChI is InChI=1S/C15H19FN2O2S/c1-3-10(4-2)8-18-12-7-5-6-11(16)14(12)17-15(18)21-9-13(19)20/h5-7,10H,3-4,8-9H2,1-2H3,(H,19,20). The number of nitrogens with zero attached hydrogens (tertiary/aromatic N) is 2. The number of halogens is 1. The van der Waals surface area contributed by atoms with Gasteiger partial charge in [-0.3, -0.25) is 4.79 Å². The van der Waals surface area contributed by atoms with Crippen molar-refractivity contribution in [3.05, 3.63) is 24.0 Å². The molecule has 0 fully saturated rings. The van der Waals surface area contributed by atoms with E-state index in [1.54, 1.807) is 6.07 Å². The SMILES string of the molecule is CCC(CC)Cn1c(SCC(=O)O)nc2c(F)cccc21. The van der Waals surface area contributed by atoms with Crippen molar-refractivity contribution in [1.82, 2.24) is 9.55 Å². The average Bonchev–Trinajstić information content (AvgIpc) is 2.82. The maximum atomic E-state index is 13.9. The topological polar surface area (TPSA) is 55.1 Å². The van der Waals surface area contributed by atoms with E-state index in [1.165, 1.54) is 6.07 Å². The molecule has 0 saturated carbocycles. The predicted octanol–water partition coefficient (Wildman–Crippen LogP) is 3.79. The van der Waals surface area contributed by atoms with Gasteiger partial charge in [0.15, 0.2) is 11.0 Å². The maximum Gasteiger partial charge on any atom is 0.313 e. The second-order valence-corrected chi connectivity index (χ2v) is 5.92. The van der Waals surface area contributed by atoms with Crippen LogP contribution in [0.3, 0.4) is 0 Å². The number of fused-ring (bicyclic) bond motifs is 1. The zero-order valence-electron chi connectivity index (χ0n) is 12.2. The summed E-state index contributed by atoms with van der Waals surface area (Å²) < 4.78 is 15.8. The van der Waals surface area contributed by atoms with E-state index < -0.39 is 5.97 Å². The zero-order valence-corrected chi connectivity index (χ0v) is 13.0. The molecule has 1 aromatic carbocycles. The number of para-hydroxylation sites is 1. The summed E-state index contributed by atoms with van der Waals surface area (Å²) in [6.45, 7) is 4.98. The van der Waals surface area contributed by atoms with Gasteiger partial charge in [-0.2, -0.15) is 0 Å².